The van der Waals surface area contributed by atoms with Gasteiger partial charge in [-0.3, -0.25) is 0 Å². The fourth-order valence-corrected chi connectivity index (χ4v) is 2.35. The highest BCUT2D eigenvalue weighted by Gasteiger charge is 2.53. The lowest BCUT2D eigenvalue weighted by Crippen LogP contribution is -2.41. The Labute approximate surface area is 109 Å². The van der Waals surface area contributed by atoms with Gasteiger partial charge in [0.1, 0.15) is 5.73 Å². The normalized spacial score (nSPS) is 31.7. The molecule has 0 aromatic rings. The van der Waals surface area contributed by atoms with Gasteiger partial charge in [0, 0.05) is 6.54 Å². The lowest BCUT2D eigenvalue weighted by atomic mass is 9.81. The zero-order valence-electron chi connectivity index (χ0n) is 12.0. The molecular formula is C13H23BFNO2. The summed E-state index contributed by atoms with van der Waals surface area (Å²) in [6, 6.07) is 0. The van der Waals surface area contributed by atoms with E-state index in [1.807, 2.05) is 34.6 Å². The first kappa shape index (κ1) is 14.0. The standard InChI is InChI=1S/C13H23BFNO2/c1-9(10-6-7-16-8-10)11(15)14-17-12(2,3)13(4,5)18-14/h10,16H,6-8H2,1-5H3. The van der Waals surface area contributed by atoms with Gasteiger partial charge in [-0.05, 0) is 59.1 Å². The third-order valence-corrected chi connectivity index (χ3v) is 4.51. The Morgan fingerprint density at radius 3 is 2.22 bits per heavy atom. The molecule has 18 heavy (non-hydrogen) atoms. The van der Waals surface area contributed by atoms with Crippen molar-refractivity contribution < 1.29 is 13.7 Å². The number of halogens is 1. The Morgan fingerprint density at radius 2 is 1.78 bits per heavy atom. The fraction of sp³-hybridized carbons (Fsp3) is 0.846. The van der Waals surface area contributed by atoms with Crippen molar-refractivity contribution >= 4 is 7.12 Å². The van der Waals surface area contributed by atoms with E-state index in [4.69, 9.17) is 9.31 Å². The van der Waals surface area contributed by atoms with Crippen molar-refractivity contribution in [3.05, 3.63) is 11.3 Å². The molecular weight excluding hydrogens is 232 g/mol. The van der Waals surface area contributed by atoms with Gasteiger partial charge in [0.25, 0.3) is 0 Å². The maximum Gasteiger partial charge on any atom is 0.525 e. The molecule has 1 N–H and O–H groups in total. The molecule has 102 valence electrons. The van der Waals surface area contributed by atoms with E-state index >= 15 is 0 Å². The second-order valence-corrected chi connectivity index (χ2v) is 6.31. The molecule has 2 aliphatic rings. The summed E-state index contributed by atoms with van der Waals surface area (Å²) in [5.74, 6) is 0.268. The second-order valence-electron chi connectivity index (χ2n) is 6.31. The quantitative estimate of drug-likeness (QED) is 0.769. The molecule has 2 fully saturated rings. The first-order valence-electron chi connectivity index (χ1n) is 6.67. The van der Waals surface area contributed by atoms with Crippen LogP contribution in [0.4, 0.5) is 4.39 Å². The zero-order chi connectivity index (χ0) is 13.6. The molecule has 2 rings (SSSR count). The van der Waals surface area contributed by atoms with Crippen molar-refractivity contribution in [3.8, 4) is 0 Å². The molecule has 1 atom stereocenters. The molecule has 0 amide bonds. The van der Waals surface area contributed by atoms with E-state index in [0.29, 0.717) is 0 Å². The van der Waals surface area contributed by atoms with Gasteiger partial charge >= 0.3 is 7.12 Å². The molecule has 3 nitrogen and oxygen atoms in total. The van der Waals surface area contributed by atoms with Crippen LogP contribution >= 0.6 is 0 Å². The lowest BCUT2D eigenvalue weighted by molar-refractivity contribution is 0.00578. The summed E-state index contributed by atoms with van der Waals surface area (Å²) in [4.78, 5) is 0. The van der Waals surface area contributed by atoms with Gasteiger partial charge in [0.2, 0.25) is 0 Å². The minimum Gasteiger partial charge on any atom is -0.398 e. The van der Waals surface area contributed by atoms with Crippen LogP contribution in [0.5, 0.6) is 0 Å². The fourth-order valence-electron chi connectivity index (χ4n) is 2.35. The van der Waals surface area contributed by atoms with Gasteiger partial charge < -0.3 is 14.6 Å². The molecule has 2 aliphatic heterocycles. The maximum atomic E-state index is 14.4. The van der Waals surface area contributed by atoms with Gasteiger partial charge in [-0.2, -0.15) is 0 Å². The third kappa shape index (κ3) is 2.36. The van der Waals surface area contributed by atoms with Crippen LogP contribution in [0.3, 0.4) is 0 Å². The predicted molar refractivity (Wildman–Crippen MR) is 70.9 cm³/mol. The summed E-state index contributed by atoms with van der Waals surface area (Å²) in [6.07, 6.45) is 0.985. The molecule has 1 unspecified atom stereocenters. The number of hydrogen-bond acceptors (Lipinski definition) is 3. The van der Waals surface area contributed by atoms with Crippen LogP contribution < -0.4 is 5.32 Å². The van der Waals surface area contributed by atoms with Crippen LogP contribution in [0.1, 0.15) is 41.0 Å². The summed E-state index contributed by atoms with van der Waals surface area (Å²) in [5.41, 5.74) is -0.451. The van der Waals surface area contributed by atoms with Gasteiger partial charge in [0.05, 0.1) is 11.2 Å². The smallest absolute Gasteiger partial charge is 0.398 e. The number of nitrogens with one attached hydrogen (secondary N) is 1. The molecule has 0 aliphatic carbocycles. The highest BCUT2D eigenvalue weighted by atomic mass is 19.1. The van der Waals surface area contributed by atoms with E-state index in [1.54, 1.807) is 0 Å². The molecule has 2 heterocycles. The van der Waals surface area contributed by atoms with Crippen molar-refractivity contribution in [1.82, 2.24) is 5.32 Å². The van der Waals surface area contributed by atoms with Crippen molar-refractivity contribution in [1.29, 1.82) is 0 Å². The number of rotatable bonds is 2. The minimum atomic E-state index is -0.851. The Bertz CT molecular complexity index is 346. The van der Waals surface area contributed by atoms with Gasteiger partial charge in [-0.1, -0.05) is 0 Å². The Kier molecular flexibility index (Phi) is 3.60. The van der Waals surface area contributed by atoms with Crippen molar-refractivity contribution in [2.45, 2.75) is 52.2 Å². The van der Waals surface area contributed by atoms with Gasteiger partial charge in [-0.15, -0.1) is 0 Å². The largest absolute Gasteiger partial charge is 0.525 e. The molecule has 0 bridgehead atoms. The first-order valence-corrected chi connectivity index (χ1v) is 6.67. The van der Waals surface area contributed by atoms with E-state index in [-0.39, 0.29) is 11.6 Å². The molecule has 2 saturated heterocycles. The molecule has 0 radical (unpaired) electrons. The number of hydrogen-bond donors (Lipinski definition) is 1. The molecule has 0 aromatic carbocycles. The van der Waals surface area contributed by atoms with Crippen molar-refractivity contribution in [2.75, 3.05) is 13.1 Å². The predicted octanol–water partition coefficient (Wildman–Crippen LogP) is 2.47. The van der Waals surface area contributed by atoms with Crippen LogP contribution in [0.2, 0.25) is 0 Å². The molecule has 0 aromatic heterocycles. The highest BCUT2D eigenvalue weighted by Crippen LogP contribution is 2.40. The summed E-state index contributed by atoms with van der Waals surface area (Å²) >= 11 is 0. The molecule has 0 spiro atoms. The third-order valence-electron chi connectivity index (χ3n) is 4.51. The molecule has 0 saturated carbocycles. The SMILES string of the molecule is CC(=C(F)B1OC(C)(C)C(C)(C)O1)C1CCNC1. The van der Waals surface area contributed by atoms with Crippen LogP contribution in [0.15, 0.2) is 11.3 Å². The van der Waals surface area contributed by atoms with Crippen LogP contribution in [-0.4, -0.2) is 31.4 Å². The summed E-state index contributed by atoms with van der Waals surface area (Å²) in [6.45, 7) is 11.4. The maximum absolute atomic E-state index is 14.4. The second kappa shape index (κ2) is 4.62. The minimum absolute atomic E-state index is 0.248. The van der Waals surface area contributed by atoms with Crippen molar-refractivity contribution in [3.63, 3.8) is 0 Å². The van der Waals surface area contributed by atoms with E-state index in [2.05, 4.69) is 5.32 Å². The van der Waals surface area contributed by atoms with Crippen LogP contribution in [0.25, 0.3) is 0 Å². The van der Waals surface area contributed by atoms with E-state index in [1.165, 1.54) is 0 Å². The monoisotopic (exact) mass is 255 g/mol. The summed E-state index contributed by atoms with van der Waals surface area (Å²) < 4.78 is 25.9. The molecule has 5 heteroatoms. The lowest BCUT2D eigenvalue weighted by Gasteiger charge is -2.32. The Morgan fingerprint density at radius 1 is 1.22 bits per heavy atom. The zero-order valence-corrected chi connectivity index (χ0v) is 12.0. The van der Waals surface area contributed by atoms with Crippen molar-refractivity contribution in [2.24, 2.45) is 5.92 Å². The Hall–Kier alpha value is -0.385. The van der Waals surface area contributed by atoms with E-state index < -0.39 is 18.3 Å². The van der Waals surface area contributed by atoms with Crippen LogP contribution in [0, 0.1) is 5.92 Å². The first-order chi connectivity index (χ1) is 8.24. The highest BCUT2D eigenvalue weighted by molar-refractivity contribution is 6.53. The van der Waals surface area contributed by atoms with Gasteiger partial charge in [-0.25, -0.2) is 4.39 Å². The van der Waals surface area contributed by atoms with Gasteiger partial charge in [0.15, 0.2) is 0 Å². The topological polar surface area (TPSA) is 30.5 Å². The average Bonchev–Trinajstić information content (AvgIpc) is 2.84. The van der Waals surface area contributed by atoms with E-state index in [0.717, 1.165) is 25.1 Å². The summed E-state index contributed by atoms with van der Waals surface area (Å²) in [7, 11) is -0.851. The Balaban J connectivity index is 2.15. The summed E-state index contributed by atoms with van der Waals surface area (Å²) in [5, 5.41) is 3.25. The average molecular weight is 255 g/mol. The van der Waals surface area contributed by atoms with Crippen LogP contribution in [-0.2, 0) is 9.31 Å². The van der Waals surface area contributed by atoms with E-state index in [9.17, 15) is 4.39 Å².